The summed E-state index contributed by atoms with van der Waals surface area (Å²) in [7, 11) is 1.60. The second-order valence-corrected chi connectivity index (χ2v) is 4.21. The van der Waals surface area contributed by atoms with E-state index in [9.17, 15) is 5.11 Å². The Morgan fingerprint density at radius 1 is 1.56 bits per heavy atom. The minimum absolute atomic E-state index is 0.369. The highest BCUT2D eigenvalue weighted by atomic mass is 35.5. The van der Waals surface area contributed by atoms with Crippen LogP contribution in [0.2, 0.25) is 5.15 Å². The molecule has 6 heteroatoms. The van der Waals surface area contributed by atoms with Crippen molar-refractivity contribution in [2.24, 2.45) is 0 Å². The largest absolute Gasteiger partial charge is 0.388 e. The minimum Gasteiger partial charge on any atom is -0.388 e. The zero-order valence-electron chi connectivity index (χ0n) is 9.40. The summed E-state index contributed by atoms with van der Waals surface area (Å²) in [5.74, 6) is 0.595. The molecule has 1 atom stereocenters. The second-order valence-electron chi connectivity index (χ2n) is 3.82. The van der Waals surface area contributed by atoms with Crippen molar-refractivity contribution in [2.75, 3.05) is 25.6 Å². The molecule has 1 unspecified atom stereocenters. The van der Waals surface area contributed by atoms with E-state index in [0.29, 0.717) is 30.5 Å². The molecular weight excluding hydrogens is 230 g/mol. The highest BCUT2D eigenvalue weighted by molar-refractivity contribution is 6.29. The zero-order valence-corrected chi connectivity index (χ0v) is 10.2. The van der Waals surface area contributed by atoms with Crippen molar-refractivity contribution in [3.8, 4) is 0 Å². The number of hydrogen-bond donors (Lipinski definition) is 2. The van der Waals surface area contributed by atoms with Crippen molar-refractivity contribution in [3.63, 3.8) is 0 Å². The molecule has 0 saturated heterocycles. The summed E-state index contributed by atoms with van der Waals surface area (Å²) in [6.45, 7) is 2.63. The maximum atomic E-state index is 9.96. The van der Waals surface area contributed by atoms with E-state index in [-0.39, 0.29) is 0 Å². The number of nitrogens with one attached hydrogen (secondary N) is 1. The Kier molecular flexibility index (Phi) is 4.92. The first-order chi connectivity index (χ1) is 7.53. The van der Waals surface area contributed by atoms with Gasteiger partial charge >= 0.3 is 0 Å². The number of aliphatic hydroxyl groups is 1. The molecule has 0 amide bonds. The van der Waals surface area contributed by atoms with Gasteiger partial charge in [0.1, 0.15) is 17.3 Å². The van der Waals surface area contributed by atoms with Crippen LogP contribution >= 0.6 is 11.6 Å². The third-order valence-electron chi connectivity index (χ3n) is 2.13. The molecule has 0 aliphatic heterocycles. The number of methoxy groups -OCH3 is 1. The molecule has 0 saturated carbocycles. The molecule has 1 rings (SSSR count). The van der Waals surface area contributed by atoms with E-state index in [0.717, 1.165) is 0 Å². The van der Waals surface area contributed by atoms with Gasteiger partial charge in [0.2, 0.25) is 0 Å². The number of rotatable bonds is 6. The van der Waals surface area contributed by atoms with Crippen LogP contribution in [0.3, 0.4) is 0 Å². The molecule has 0 aliphatic carbocycles. The number of hydrogen-bond acceptors (Lipinski definition) is 5. The Labute approximate surface area is 99.8 Å². The van der Waals surface area contributed by atoms with Crippen molar-refractivity contribution < 1.29 is 9.84 Å². The number of anilines is 1. The summed E-state index contributed by atoms with van der Waals surface area (Å²) in [5, 5.41) is 13.3. The molecular formula is C10H16ClN3O2. The first-order valence-electron chi connectivity index (χ1n) is 4.96. The van der Waals surface area contributed by atoms with Crippen LogP contribution in [0, 0.1) is 0 Å². The monoisotopic (exact) mass is 245 g/mol. The first-order valence-corrected chi connectivity index (χ1v) is 5.34. The third-order valence-corrected chi connectivity index (χ3v) is 2.34. The molecule has 0 spiro atoms. The zero-order chi connectivity index (χ0) is 12.0. The SMILES string of the molecule is COCCC(C)(O)CNc1cc(Cl)ncn1. The fraction of sp³-hybridized carbons (Fsp3) is 0.600. The predicted octanol–water partition coefficient (Wildman–Crippen LogP) is 1.33. The van der Waals surface area contributed by atoms with Gasteiger partial charge in [-0.15, -0.1) is 0 Å². The maximum absolute atomic E-state index is 9.96. The summed E-state index contributed by atoms with van der Waals surface area (Å²) in [6, 6.07) is 1.61. The van der Waals surface area contributed by atoms with E-state index in [1.807, 2.05) is 0 Å². The summed E-state index contributed by atoms with van der Waals surface area (Å²) in [6.07, 6.45) is 1.92. The van der Waals surface area contributed by atoms with Crippen LogP contribution in [0.15, 0.2) is 12.4 Å². The van der Waals surface area contributed by atoms with Crippen LogP contribution in [-0.4, -0.2) is 40.9 Å². The van der Waals surface area contributed by atoms with Gasteiger partial charge in [-0.05, 0) is 6.92 Å². The van der Waals surface area contributed by atoms with E-state index in [1.54, 1.807) is 20.1 Å². The van der Waals surface area contributed by atoms with Gasteiger partial charge in [0, 0.05) is 32.7 Å². The molecule has 90 valence electrons. The van der Waals surface area contributed by atoms with E-state index >= 15 is 0 Å². The van der Waals surface area contributed by atoms with Crippen molar-refractivity contribution in [3.05, 3.63) is 17.5 Å². The highest BCUT2D eigenvalue weighted by Crippen LogP contribution is 2.13. The van der Waals surface area contributed by atoms with Crippen LogP contribution in [0.1, 0.15) is 13.3 Å². The van der Waals surface area contributed by atoms with Gasteiger partial charge in [0.05, 0.1) is 5.60 Å². The smallest absolute Gasteiger partial charge is 0.134 e. The van der Waals surface area contributed by atoms with Gasteiger partial charge in [-0.25, -0.2) is 9.97 Å². The fourth-order valence-corrected chi connectivity index (χ4v) is 1.27. The molecule has 1 aromatic heterocycles. The molecule has 2 N–H and O–H groups in total. The number of nitrogens with zero attached hydrogens (tertiary/aromatic N) is 2. The maximum Gasteiger partial charge on any atom is 0.134 e. The Morgan fingerprint density at radius 2 is 2.31 bits per heavy atom. The van der Waals surface area contributed by atoms with Crippen molar-refractivity contribution in [1.29, 1.82) is 0 Å². The minimum atomic E-state index is -0.840. The summed E-state index contributed by atoms with van der Waals surface area (Å²) >= 11 is 5.70. The van der Waals surface area contributed by atoms with Gasteiger partial charge in [-0.3, -0.25) is 0 Å². The molecule has 1 aromatic rings. The molecule has 0 aliphatic rings. The predicted molar refractivity (Wildman–Crippen MR) is 62.6 cm³/mol. The van der Waals surface area contributed by atoms with E-state index in [2.05, 4.69) is 15.3 Å². The Hall–Kier alpha value is -0.910. The van der Waals surface area contributed by atoms with Crippen molar-refractivity contribution in [1.82, 2.24) is 9.97 Å². The molecule has 0 aromatic carbocycles. The first kappa shape index (κ1) is 13.2. The average Bonchev–Trinajstić information content (AvgIpc) is 2.24. The van der Waals surface area contributed by atoms with E-state index in [1.165, 1.54) is 6.33 Å². The van der Waals surface area contributed by atoms with E-state index in [4.69, 9.17) is 16.3 Å². The summed E-state index contributed by atoms with van der Waals surface area (Å²) < 4.78 is 4.91. The third kappa shape index (κ3) is 4.74. The van der Waals surface area contributed by atoms with Gasteiger partial charge in [0.15, 0.2) is 0 Å². The Morgan fingerprint density at radius 3 is 2.94 bits per heavy atom. The number of aromatic nitrogens is 2. The van der Waals surface area contributed by atoms with Gasteiger partial charge in [-0.2, -0.15) is 0 Å². The van der Waals surface area contributed by atoms with Crippen molar-refractivity contribution >= 4 is 17.4 Å². The van der Waals surface area contributed by atoms with Crippen LogP contribution in [-0.2, 0) is 4.74 Å². The lowest BCUT2D eigenvalue weighted by Crippen LogP contribution is -2.34. The van der Waals surface area contributed by atoms with Gasteiger partial charge in [0.25, 0.3) is 0 Å². The molecule has 0 radical (unpaired) electrons. The second kappa shape index (κ2) is 5.98. The van der Waals surface area contributed by atoms with Crippen LogP contribution < -0.4 is 5.32 Å². The Bertz CT molecular complexity index is 334. The molecule has 0 fully saturated rings. The van der Waals surface area contributed by atoms with Gasteiger partial charge < -0.3 is 15.2 Å². The summed E-state index contributed by atoms with van der Waals surface area (Å²) in [5.41, 5.74) is -0.840. The lowest BCUT2D eigenvalue weighted by Gasteiger charge is -2.23. The van der Waals surface area contributed by atoms with Crippen LogP contribution in [0.5, 0.6) is 0 Å². The number of ether oxygens (including phenoxy) is 1. The topological polar surface area (TPSA) is 67.3 Å². The molecule has 1 heterocycles. The molecule has 16 heavy (non-hydrogen) atoms. The van der Waals surface area contributed by atoms with Crippen LogP contribution in [0.25, 0.3) is 0 Å². The molecule has 0 bridgehead atoms. The quantitative estimate of drug-likeness (QED) is 0.740. The number of halogens is 1. The fourth-order valence-electron chi connectivity index (χ4n) is 1.12. The standard InChI is InChI=1S/C10H16ClN3O2/c1-10(15,3-4-16-2)6-12-9-5-8(11)13-7-14-9/h5,7,15H,3-4,6H2,1-2H3,(H,12,13,14). The van der Waals surface area contributed by atoms with Crippen molar-refractivity contribution in [2.45, 2.75) is 18.9 Å². The average molecular weight is 246 g/mol. The lowest BCUT2D eigenvalue weighted by atomic mass is 10.0. The lowest BCUT2D eigenvalue weighted by molar-refractivity contribution is 0.0357. The molecule has 5 nitrogen and oxygen atoms in total. The van der Waals surface area contributed by atoms with Crippen LogP contribution in [0.4, 0.5) is 5.82 Å². The summed E-state index contributed by atoms with van der Waals surface area (Å²) in [4.78, 5) is 7.74. The Balaban J connectivity index is 2.44. The highest BCUT2D eigenvalue weighted by Gasteiger charge is 2.19. The van der Waals surface area contributed by atoms with E-state index < -0.39 is 5.60 Å². The normalized spacial score (nSPS) is 14.5. The van der Waals surface area contributed by atoms with Gasteiger partial charge in [-0.1, -0.05) is 11.6 Å².